The Morgan fingerprint density at radius 2 is 1.79 bits per heavy atom. The van der Waals surface area contributed by atoms with Crippen LogP contribution in [0.25, 0.3) is 10.6 Å². The lowest BCUT2D eigenvalue weighted by molar-refractivity contribution is 0.0848. The van der Waals surface area contributed by atoms with Crippen molar-refractivity contribution in [2.75, 3.05) is 0 Å². The van der Waals surface area contributed by atoms with Gasteiger partial charge < -0.3 is 0 Å². The first kappa shape index (κ1) is 16.3. The summed E-state index contributed by atoms with van der Waals surface area (Å²) >= 11 is 2.81. The molecule has 2 aromatic heterocycles. The van der Waals surface area contributed by atoms with E-state index in [9.17, 15) is 14.0 Å². The number of aromatic nitrogens is 1. The third kappa shape index (κ3) is 3.50. The average molecular weight is 361 g/mol. The Balaban J connectivity index is 1.67. The van der Waals surface area contributed by atoms with Gasteiger partial charge in [0.1, 0.15) is 15.7 Å². The van der Waals surface area contributed by atoms with Crippen molar-refractivity contribution in [3.63, 3.8) is 0 Å². The van der Waals surface area contributed by atoms with E-state index in [2.05, 4.69) is 15.8 Å². The zero-order chi connectivity index (χ0) is 17.1. The summed E-state index contributed by atoms with van der Waals surface area (Å²) in [6.07, 6.45) is 0. The molecule has 0 aliphatic carbocycles. The van der Waals surface area contributed by atoms with Crippen LogP contribution in [-0.4, -0.2) is 16.8 Å². The number of nitrogens with one attached hydrogen (secondary N) is 2. The first-order chi connectivity index (χ1) is 11.5. The number of hydrogen-bond acceptors (Lipinski definition) is 5. The van der Waals surface area contributed by atoms with Crippen LogP contribution >= 0.6 is 22.7 Å². The van der Waals surface area contributed by atoms with Crippen molar-refractivity contribution in [1.29, 1.82) is 0 Å². The van der Waals surface area contributed by atoms with Gasteiger partial charge in [-0.25, -0.2) is 9.37 Å². The second-order valence-corrected chi connectivity index (χ2v) is 6.64. The number of carbonyl (C=O) groups excluding carboxylic acids is 2. The minimum absolute atomic E-state index is 0.247. The lowest BCUT2D eigenvalue weighted by atomic mass is 10.2. The molecule has 122 valence electrons. The standard InChI is InChI=1S/C16H12FN3O2S2/c1-9-13(24-16(18-9)11-6-7-23-8-11)15(22)20-19-14(21)10-2-4-12(17)5-3-10/h2-8H,1H3,(H,19,21)(H,20,22). The SMILES string of the molecule is Cc1nc(-c2ccsc2)sc1C(=O)NNC(=O)c1ccc(F)cc1. The summed E-state index contributed by atoms with van der Waals surface area (Å²) < 4.78 is 12.8. The molecule has 2 heterocycles. The van der Waals surface area contributed by atoms with Gasteiger partial charge >= 0.3 is 0 Å². The van der Waals surface area contributed by atoms with E-state index < -0.39 is 17.6 Å². The molecule has 0 atom stereocenters. The molecule has 0 radical (unpaired) electrons. The number of halogens is 1. The minimum atomic E-state index is -0.524. The molecular formula is C16H12FN3O2S2. The van der Waals surface area contributed by atoms with E-state index in [0.717, 1.165) is 10.6 Å². The third-order valence-corrected chi connectivity index (χ3v) is 5.06. The number of benzene rings is 1. The van der Waals surface area contributed by atoms with Crippen LogP contribution in [0.15, 0.2) is 41.1 Å². The Bertz CT molecular complexity index is 873. The van der Waals surface area contributed by atoms with Crippen LogP contribution < -0.4 is 10.9 Å². The molecule has 0 spiro atoms. The fraction of sp³-hybridized carbons (Fsp3) is 0.0625. The Kier molecular flexibility index (Phi) is 4.68. The summed E-state index contributed by atoms with van der Waals surface area (Å²) in [6, 6.07) is 6.96. The molecular weight excluding hydrogens is 349 g/mol. The number of nitrogens with zero attached hydrogens (tertiary/aromatic N) is 1. The Morgan fingerprint density at radius 3 is 2.46 bits per heavy atom. The maximum Gasteiger partial charge on any atom is 0.281 e. The van der Waals surface area contributed by atoms with Crippen molar-refractivity contribution in [1.82, 2.24) is 15.8 Å². The molecule has 1 aromatic carbocycles. The highest BCUT2D eigenvalue weighted by molar-refractivity contribution is 7.17. The second kappa shape index (κ2) is 6.90. The zero-order valence-corrected chi connectivity index (χ0v) is 14.1. The van der Waals surface area contributed by atoms with Crippen LogP contribution in [0, 0.1) is 12.7 Å². The maximum absolute atomic E-state index is 12.8. The van der Waals surface area contributed by atoms with Crippen molar-refractivity contribution < 1.29 is 14.0 Å². The Hall–Kier alpha value is -2.58. The van der Waals surface area contributed by atoms with Crippen molar-refractivity contribution in [2.24, 2.45) is 0 Å². The molecule has 0 fully saturated rings. The summed E-state index contributed by atoms with van der Waals surface area (Å²) in [7, 11) is 0. The number of thiazole rings is 1. The lowest BCUT2D eigenvalue weighted by Crippen LogP contribution is -2.41. The van der Waals surface area contributed by atoms with E-state index in [1.807, 2.05) is 16.8 Å². The van der Waals surface area contributed by atoms with Crippen molar-refractivity contribution in [3.8, 4) is 10.6 Å². The lowest BCUT2D eigenvalue weighted by Gasteiger charge is -2.06. The number of thiophene rings is 1. The molecule has 3 aromatic rings. The highest BCUT2D eigenvalue weighted by Crippen LogP contribution is 2.29. The molecule has 3 rings (SSSR count). The molecule has 0 aliphatic heterocycles. The number of hydrogen-bond donors (Lipinski definition) is 2. The van der Waals surface area contributed by atoms with Gasteiger partial charge in [-0.3, -0.25) is 20.4 Å². The quantitative estimate of drug-likeness (QED) is 0.703. The van der Waals surface area contributed by atoms with E-state index >= 15 is 0 Å². The van der Waals surface area contributed by atoms with E-state index in [-0.39, 0.29) is 5.56 Å². The van der Waals surface area contributed by atoms with E-state index in [1.165, 1.54) is 35.6 Å². The van der Waals surface area contributed by atoms with Gasteiger partial charge in [-0.05, 0) is 42.6 Å². The number of hydrazine groups is 1. The Morgan fingerprint density at radius 1 is 1.08 bits per heavy atom. The molecule has 0 unspecified atom stereocenters. The van der Waals surface area contributed by atoms with Crippen molar-refractivity contribution in [3.05, 3.63) is 63.0 Å². The maximum atomic E-state index is 12.8. The summed E-state index contributed by atoms with van der Waals surface area (Å²) in [4.78, 5) is 28.9. The normalized spacial score (nSPS) is 10.4. The largest absolute Gasteiger partial charge is 0.281 e. The van der Waals surface area contributed by atoms with E-state index in [1.54, 1.807) is 18.3 Å². The van der Waals surface area contributed by atoms with E-state index in [0.29, 0.717) is 10.6 Å². The van der Waals surface area contributed by atoms with Crippen LogP contribution in [0.1, 0.15) is 25.7 Å². The van der Waals surface area contributed by atoms with Crippen molar-refractivity contribution >= 4 is 34.5 Å². The van der Waals surface area contributed by atoms with Gasteiger partial charge in [0, 0.05) is 16.5 Å². The molecule has 0 bridgehead atoms. The third-order valence-electron chi connectivity index (χ3n) is 3.17. The zero-order valence-electron chi connectivity index (χ0n) is 12.5. The summed E-state index contributed by atoms with van der Waals surface area (Å²) in [5.41, 5.74) is 6.46. The van der Waals surface area contributed by atoms with Gasteiger partial charge in [-0.1, -0.05) is 0 Å². The predicted octanol–water partition coefficient (Wildman–Crippen LogP) is 3.39. The molecule has 2 amide bonds. The molecule has 2 N–H and O–H groups in total. The number of amides is 2. The van der Waals surface area contributed by atoms with Crippen LogP contribution in [0.4, 0.5) is 4.39 Å². The van der Waals surface area contributed by atoms with Gasteiger partial charge in [-0.2, -0.15) is 11.3 Å². The molecule has 0 saturated carbocycles. The highest BCUT2D eigenvalue weighted by Gasteiger charge is 2.17. The van der Waals surface area contributed by atoms with Gasteiger partial charge in [0.2, 0.25) is 0 Å². The van der Waals surface area contributed by atoms with E-state index in [4.69, 9.17) is 0 Å². The van der Waals surface area contributed by atoms with Crippen LogP contribution in [0.5, 0.6) is 0 Å². The molecule has 8 heteroatoms. The fourth-order valence-electron chi connectivity index (χ4n) is 1.96. The monoisotopic (exact) mass is 361 g/mol. The summed E-state index contributed by atoms with van der Waals surface area (Å²) in [5, 5.41) is 4.65. The topological polar surface area (TPSA) is 71.1 Å². The van der Waals surface area contributed by atoms with Gasteiger partial charge in [0.05, 0.1) is 5.69 Å². The van der Waals surface area contributed by atoms with Gasteiger partial charge in [0.15, 0.2) is 0 Å². The highest BCUT2D eigenvalue weighted by atomic mass is 32.1. The predicted molar refractivity (Wildman–Crippen MR) is 91.5 cm³/mol. The molecule has 5 nitrogen and oxygen atoms in total. The van der Waals surface area contributed by atoms with Crippen LogP contribution in [0.3, 0.4) is 0 Å². The van der Waals surface area contributed by atoms with Crippen molar-refractivity contribution in [2.45, 2.75) is 6.92 Å². The summed E-state index contributed by atoms with van der Waals surface area (Å²) in [5.74, 6) is -1.40. The fourth-order valence-corrected chi connectivity index (χ4v) is 3.63. The van der Waals surface area contributed by atoms with Gasteiger partial charge in [0.25, 0.3) is 11.8 Å². The molecule has 0 saturated heterocycles. The number of rotatable bonds is 3. The first-order valence-corrected chi connectivity index (χ1v) is 8.67. The van der Waals surface area contributed by atoms with Crippen LogP contribution in [0.2, 0.25) is 0 Å². The first-order valence-electron chi connectivity index (χ1n) is 6.91. The van der Waals surface area contributed by atoms with Crippen LogP contribution in [-0.2, 0) is 0 Å². The summed E-state index contributed by atoms with van der Waals surface area (Å²) in [6.45, 7) is 1.74. The van der Waals surface area contributed by atoms with Gasteiger partial charge in [-0.15, -0.1) is 11.3 Å². The molecule has 24 heavy (non-hydrogen) atoms. The Labute approximate surface area is 145 Å². The minimum Gasteiger partial charge on any atom is -0.267 e. The number of carbonyl (C=O) groups is 2. The number of aryl methyl sites for hydroxylation is 1. The second-order valence-electron chi connectivity index (χ2n) is 4.86. The molecule has 0 aliphatic rings. The average Bonchev–Trinajstić information content (AvgIpc) is 3.22. The smallest absolute Gasteiger partial charge is 0.267 e.